The lowest BCUT2D eigenvalue weighted by molar-refractivity contribution is -0.122. The molecule has 0 aliphatic carbocycles. The van der Waals surface area contributed by atoms with Crippen molar-refractivity contribution in [3.05, 3.63) is 47.0 Å². The highest BCUT2D eigenvalue weighted by molar-refractivity contribution is 7.80. The standard InChI is InChI=1S/C21H23N3O2S/c1-11(2)19(25)24-21(27)23-16-8-6-7-15(14(16)5)20-22-17-10-12(3)9-13(4)18(17)26-20/h6-11H,1-5H3,(H2,23,24,25,27). The van der Waals surface area contributed by atoms with Crippen molar-refractivity contribution in [1.29, 1.82) is 0 Å². The number of hydrogen-bond acceptors (Lipinski definition) is 4. The van der Waals surface area contributed by atoms with Gasteiger partial charge in [0.25, 0.3) is 0 Å². The highest BCUT2D eigenvalue weighted by atomic mass is 32.1. The van der Waals surface area contributed by atoms with Crippen LogP contribution in [0, 0.1) is 26.7 Å². The zero-order valence-electron chi connectivity index (χ0n) is 16.1. The van der Waals surface area contributed by atoms with E-state index in [1.807, 2.05) is 58.9 Å². The number of carbonyl (C=O) groups is 1. The van der Waals surface area contributed by atoms with E-state index >= 15 is 0 Å². The van der Waals surface area contributed by atoms with Crippen LogP contribution in [-0.4, -0.2) is 16.0 Å². The predicted octanol–water partition coefficient (Wildman–Crippen LogP) is 4.89. The maximum absolute atomic E-state index is 11.8. The molecule has 0 saturated carbocycles. The minimum Gasteiger partial charge on any atom is -0.436 e. The van der Waals surface area contributed by atoms with Crippen LogP contribution in [0.5, 0.6) is 0 Å². The number of amides is 1. The molecule has 3 aromatic rings. The molecule has 1 aromatic heterocycles. The minimum atomic E-state index is -0.136. The summed E-state index contributed by atoms with van der Waals surface area (Å²) in [7, 11) is 0. The van der Waals surface area contributed by atoms with Gasteiger partial charge in [0.1, 0.15) is 5.52 Å². The predicted molar refractivity (Wildman–Crippen MR) is 113 cm³/mol. The first-order valence-electron chi connectivity index (χ1n) is 8.86. The number of hydrogen-bond donors (Lipinski definition) is 2. The number of oxazole rings is 1. The smallest absolute Gasteiger partial charge is 0.228 e. The van der Waals surface area contributed by atoms with E-state index in [4.69, 9.17) is 16.6 Å². The topological polar surface area (TPSA) is 67.2 Å². The van der Waals surface area contributed by atoms with Crippen LogP contribution in [-0.2, 0) is 4.79 Å². The van der Waals surface area contributed by atoms with E-state index in [0.29, 0.717) is 5.89 Å². The molecule has 0 atom stereocenters. The van der Waals surface area contributed by atoms with Crippen molar-refractivity contribution in [3.8, 4) is 11.5 Å². The van der Waals surface area contributed by atoms with Gasteiger partial charge in [-0.25, -0.2) is 4.98 Å². The second-order valence-corrected chi connectivity index (χ2v) is 7.43. The molecule has 1 amide bonds. The summed E-state index contributed by atoms with van der Waals surface area (Å²) in [5.41, 5.74) is 6.49. The van der Waals surface area contributed by atoms with Crippen molar-refractivity contribution in [1.82, 2.24) is 10.3 Å². The van der Waals surface area contributed by atoms with Gasteiger partial charge in [-0.05, 0) is 67.9 Å². The van der Waals surface area contributed by atoms with Crippen molar-refractivity contribution in [2.24, 2.45) is 5.92 Å². The Morgan fingerprint density at radius 3 is 2.63 bits per heavy atom. The SMILES string of the molecule is Cc1cc(C)c2oc(-c3cccc(NC(=S)NC(=O)C(C)C)c3C)nc2c1. The first-order valence-corrected chi connectivity index (χ1v) is 9.26. The monoisotopic (exact) mass is 381 g/mol. The number of aromatic nitrogens is 1. The van der Waals surface area contributed by atoms with E-state index in [2.05, 4.69) is 21.7 Å². The van der Waals surface area contributed by atoms with Gasteiger partial charge in [-0.1, -0.05) is 26.0 Å². The van der Waals surface area contributed by atoms with E-state index < -0.39 is 0 Å². The van der Waals surface area contributed by atoms with Gasteiger partial charge >= 0.3 is 0 Å². The molecular weight excluding hydrogens is 358 g/mol. The van der Waals surface area contributed by atoms with Gasteiger partial charge in [-0.15, -0.1) is 0 Å². The van der Waals surface area contributed by atoms with E-state index in [9.17, 15) is 4.79 Å². The molecule has 0 fully saturated rings. The summed E-state index contributed by atoms with van der Waals surface area (Å²) >= 11 is 5.25. The number of nitrogens with one attached hydrogen (secondary N) is 2. The maximum atomic E-state index is 11.8. The molecule has 1 heterocycles. The van der Waals surface area contributed by atoms with Crippen molar-refractivity contribution in [2.75, 3.05) is 5.32 Å². The molecule has 2 N–H and O–H groups in total. The van der Waals surface area contributed by atoms with Gasteiger partial charge in [-0.3, -0.25) is 4.79 Å². The van der Waals surface area contributed by atoms with Crippen LogP contribution in [0.4, 0.5) is 5.69 Å². The lowest BCUT2D eigenvalue weighted by Gasteiger charge is -2.14. The van der Waals surface area contributed by atoms with Gasteiger partial charge < -0.3 is 15.1 Å². The first kappa shape index (κ1) is 19.0. The van der Waals surface area contributed by atoms with Gasteiger partial charge in [-0.2, -0.15) is 0 Å². The molecule has 0 radical (unpaired) electrons. The van der Waals surface area contributed by atoms with E-state index in [1.165, 1.54) is 0 Å². The molecule has 0 spiro atoms. The summed E-state index contributed by atoms with van der Waals surface area (Å²) in [5.74, 6) is 0.312. The average Bonchev–Trinajstić information content (AvgIpc) is 3.00. The largest absolute Gasteiger partial charge is 0.436 e. The summed E-state index contributed by atoms with van der Waals surface area (Å²) in [4.78, 5) is 16.5. The second-order valence-electron chi connectivity index (χ2n) is 7.03. The van der Waals surface area contributed by atoms with Crippen molar-refractivity contribution < 1.29 is 9.21 Å². The molecule has 5 nitrogen and oxygen atoms in total. The fraction of sp³-hybridized carbons (Fsp3) is 0.286. The van der Waals surface area contributed by atoms with Crippen molar-refractivity contribution in [2.45, 2.75) is 34.6 Å². The van der Waals surface area contributed by atoms with Crippen molar-refractivity contribution >= 4 is 40.0 Å². The zero-order valence-corrected chi connectivity index (χ0v) is 17.0. The summed E-state index contributed by atoms with van der Waals surface area (Å²) in [6, 6.07) is 9.87. The number of anilines is 1. The molecule has 3 rings (SSSR count). The number of carbonyl (C=O) groups excluding carboxylic acids is 1. The summed E-state index contributed by atoms with van der Waals surface area (Å²) in [6.07, 6.45) is 0. The van der Waals surface area contributed by atoms with Crippen molar-refractivity contribution in [3.63, 3.8) is 0 Å². The van der Waals surface area contributed by atoms with Gasteiger partial charge in [0, 0.05) is 17.2 Å². The van der Waals surface area contributed by atoms with Crippen LogP contribution >= 0.6 is 12.2 Å². The Balaban J connectivity index is 1.92. The van der Waals surface area contributed by atoms with Crippen LogP contribution in [0.3, 0.4) is 0 Å². The lowest BCUT2D eigenvalue weighted by Crippen LogP contribution is -2.36. The van der Waals surface area contributed by atoms with Crippen LogP contribution in [0.2, 0.25) is 0 Å². The highest BCUT2D eigenvalue weighted by Gasteiger charge is 2.15. The average molecular weight is 382 g/mol. The number of thiocarbonyl (C=S) groups is 1. The Kier molecular flexibility index (Phi) is 5.28. The third-order valence-corrected chi connectivity index (χ3v) is 4.60. The normalized spacial score (nSPS) is 11.0. The third kappa shape index (κ3) is 4.01. The maximum Gasteiger partial charge on any atom is 0.228 e. The number of benzene rings is 2. The molecule has 0 aliphatic heterocycles. The molecule has 0 saturated heterocycles. The summed E-state index contributed by atoms with van der Waals surface area (Å²) in [6.45, 7) is 9.67. The Morgan fingerprint density at radius 2 is 1.93 bits per heavy atom. The minimum absolute atomic E-state index is 0.119. The Morgan fingerprint density at radius 1 is 1.19 bits per heavy atom. The Hall–Kier alpha value is -2.73. The van der Waals surface area contributed by atoms with Crippen LogP contribution < -0.4 is 10.6 Å². The van der Waals surface area contributed by atoms with Crippen LogP contribution in [0.1, 0.15) is 30.5 Å². The number of fused-ring (bicyclic) bond motifs is 1. The first-order chi connectivity index (χ1) is 12.8. The Labute approximate surface area is 164 Å². The molecule has 27 heavy (non-hydrogen) atoms. The molecule has 0 unspecified atom stereocenters. The fourth-order valence-electron chi connectivity index (χ4n) is 2.90. The third-order valence-electron chi connectivity index (χ3n) is 4.39. The van der Waals surface area contributed by atoms with Gasteiger partial charge in [0.15, 0.2) is 10.7 Å². The molecule has 2 aromatic carbocycles. The van der Waals surface area contributed by atoms with E-state index in [0.717, 1.165) is 39.0 Å². The number of nitrogens with zero attached hydrogens (tertiary/aromatic N) is 1. The molecule has 0 bridgehead atoms. The Bertz CT molecular complexity index is 1040. The van der Waals surface area contributed by atoms with E-state index in [1.54, 1.807) is 0 Å². The second kappa shape index (κ2) is 7.48. The number of aryl methyl sites for hydroxylation is 2. The molecule has 6 heteroatoms. The van der Waals surface area contributed by atoms with Gasteiger partial charge in [0.2, 0.25) is 11.8 Å². The fourth-order valence-corrected chi connectivity index (χ4v) is 3.11. The number of rotatable bonds is 3. The van der Waals surface area contributed by atoms with E-state index in [-0.39, 0.29) is 16.9 Å². The highest BCUT2D eigenvalue weighted by Crippen LogP contribution is 2.32. The summed E-state index contributed by atoms with van der Waals surface area (Å²) < 4.78 is 6.04. The van der Waals surface area contributed by atoms with Gasteiger partial charge in [0.05, 0.1) is 0 Å². The lowest BCUT2D eigenvalue weighted by atomic mass is 10.1. The molecule has 140 valence electrons. The zero-order chi connectivity index (χ0) is 19.7. The van der Waals surface area contributed by atoms with Crippen LogP contribution in [0.25, 0.3) is 22.6 Å². The van der Waals surface area contributed by atoms with Crippen LogP contribution in [0.15, 0.2) is 34.7 Å². The summed E-state index contributed by atoms with van der Waals surface area (Å²) in [5, 5.41) is 6.06. The molecular formula is C21H23N3O2S. The quantitative estimate of drug-likeness (QED) is 0.632. The molecule has 0 aliphatic rings.